The standard InChI is InChI=1S/C3HF2N/c4-1-3(5)2-6/h1H. The van der Waals surface area contributed by atoms with Crippen molar-refractivity contribution < 1.29 is 8.78 Å². The maximum atomic E-state index is 11.0. The van der Waals surface area contributed by atoms with Gasteiger partial charge in [0.15, 0.2) is 0 Å². The van der Waals surface area contributed by atoms with Crippen molar-refractivity contribution in [2.24, 2.45) is 0 Å². The van der Waals surface area contributed by atoms with E-state index in [1.165, 1.54) is 0 Å². The van der Waals surface area contributed by atoms with E-state index in [1.807, 2.05) is 0 Å². The van der Waals surface area contributed by atoms with E-state index in [1.54, 1.807) is 0 Å². The fraction of sp³-hybridized carbons (Fsp3) is 0. The Morgan fingerprint density at radius 2 is 2.33 bits per heavy atom. The Bertz CT molecular complexity index is 99.9. The molecule has 0 radical (unpaired) electrons. The molecule has 0 rings (SSSR count). The minimum Gasteiger partial charge on any atom is -0.212 e. The molecule has 0 aliphatic heterocycles. The molecule has 0 saturated carbocycles. The molecule has 0 spiro atoms. The second kappa shape index (κ2) is 2.33. The van der Waals surface area contributed by atoms with Crippen LogP contribution in [-0.4, -0.2) is 0 Å². The van der Waals surface area contributed by atoms with E-state index in [4.69, 9.17) is 5.26 Å². The van der Waals surface area contributed by atoms with Gasteiger partial charge in [-0.2, -0.15) is 9.65 Å². The SMILES string of the molecule is N#CC(F)=CF. The number of allylic oxidation sites excluding steroid dienone is 1. The lowest BCUT2D eigenvalue weighted by molar-refractivity contribution is 0.610. The summed E-state index contributed by atoms with van der Waals surface area (Å²) in [6, 6.07) is 0.934. The van der Waals surface area contributed by atoms with Crippen molar-refractivity contribution in [3.05, 3.63) is 12.2 Å². The molecule has 0 atom stereocenters. The molecule has 0 aromatic carbocycles. The molecule has 32 valence electrons. The van der Waals surface area contributed by atoms with Gasteiger partial charge in [-0.15, -0.1) is 0 Å². The van der Waals surface area contributed by atoms with Crippen molar-refractivity contribution in [3.8, 4) is 6.07 Å². The molecule has 0 N–H and O–H groups in total. The van der Waals surface area contributed by atoms with E-state index in [2.05, 4.69) is 0 Å². The number of nitriles is 1. The Balaban J connectivity index is 3.61. The predicted molar refractivity (Wildman–Crippen MR) is 15.9 cm³/mol. The normalized spacial score (nSPS) is 10.5. The van der Waals surface area contributed by atoms with Gasteiger partial charge in [0.25, 0.3) is 0 Å². The van der Waals surface area contributed by atoms with Crippen LogP contribution in [0.1, 0.15) is 0 Å². The maximum Gasteiger partial charge on any atom is 0.228 e. The van der Waals surface area contributed by atoms with E-state index < -0.39 is 5.83 Å². The third kappa shape index (κ3) is 1.41. The summed E-state index contributed by atoms with van der Waals surface area (Å²) in [5.74, 6) is -1.39. The number of rotatable bonds is 0. The van der Waals surface area contributed by atoms with Gasteiger partial charge in [0.2, 0.25) is 5.83 Å². The summed E-state index contributed by atoms with van der Waals surface area (Å²) in [5, 5.41) is 7.40. The summed E-state index contributed by atoms with van der Waals surface area (Å²) in [6.45, 7) is 0. The van der Waals surface area contributed by atoms with E-state index in [0.29, 0.717) is 0 Å². The fourth-order valence-electron chi connectivity index (χ4n) is 0.0244. The molecule has 3 heteroatoms. The first-order valence-electron chi connectivity index (χ1n) is 1.17. The summed E-state index contributed by atoms with van der Waals surface area (Å²) in [7, 11) is 0. The number of hydrogen-bond acceptors (Lipinski definition) is 1. The summed E-state index contributed by atoms with van der Waals surface area (Å²) in [5.41, 5.74) is 0. The average Bonchev–Trinajstić information content (AvgIpc) is 1.65. The Labute approximate surface area is 33.5 Å². The molecule has 0 aliphatic carbocycles. The van der Waals surface area contributed by atoms with Crippen LogP contribution in [0.3, 0.4) is 0 Å². The van der Waals surface area contributed by atoms with Crippen LogP contribution < -0.4 is 0 Å². The number of halogens is 2. The van der Waals surface area contributed by atoms with Gasteiger partial charge in [0.05, 0.1) is 0 Å². The molecule has 0 aromatic heterocycles. The molecule has 0 aromatic rings. The van der Waals surface area contributed by atoms with Crippen LogP contribution in [0.2, 0.25) is 0 Å². The first-order chi connectivity index (χ1) is 2.81. The number of nitrogens with zero attached hydrogens (tertiary/aromatic N) is 1. The van der Waals surface area contributed by atoms with Crippen molar-refractivity contribution in [2.75, 3.05) is 0 Å². The zero-order chi connectivity index (χ0) is 4.99. The second-order valence-corrected chi connectivity index (χ2v) is 0.569. The monoisotopic (exact) mass is 89.0 g/mol. The lowest BCUT2D eigenvalue weighted by Crippen LogP contribution is -1.53. The minimum atomic E-state index is -1.39. The van der Waals surface area contributed by atoms with E-state index in [0.717, 1.165) is 6.07 Å². The van der Waals surface area contributed by atoms with Gasteiger partial charge < -0.3 is 0 Å². The summed E-state index contributed by atoms with van der Waals surface area (Å²) >= 11 is 0. The molecule has 0 bridgehead atoms. The van der Waals surface area contributed by atoms with E-state index in [9.17, 15) is 8.78 Å². The van der Waals surface area contributed by atoms with Crippen LogP contribution in [0.15, 0.2) is 12.2 Å². The first kappa shape index (κ1) is 5.09. The fourth-order valence-corrected chi connectivity index (χ4v) is 0.0244. The maximum absolute atomic E-state index is 11.0. The zero-order valence-electron chi connectivity index (χ0n) is 2.78. The van der Waals surface area contributed by atoms with E-state index >= 15 is 0 Å². The van der Waals surface area contributed by atoms with Gasteiger partial charge in [-0.3, -0.25) is 0 Å². The highest BCUT2D eigenvalue weighted by molar-refractivity contribution is 5.07. The third-order valence-corrected chi connectivity index (χ3v) is 0.203. The van der Waals surface area contributed by atoms with Crippen LogP contribution in [-0.2, 0) is 0 Å². The summed E-state index contributed by atoms with van der Waals surface area (Å²) in [6.07, 6.45) is -0.389. The van der Waals surface area contributed by atoms with Crippen molar-refractivity contribution in [2.45, 2.75) is 0 Å². The minimum absolute atomic E-state index is 0.389. The highest BCUT2D eigenvalue weighted by Crippen LogP contribution is 1.89. The van der Waals surface area contributed by atoms with Gasteiger partial charge in [0, 0.05) is 0 Å². The van der Waals surface area contributed by atoms with Crippen molar-refractivity contribution in [1.82, 2.24) is 0 Å². The van der Waals surface area contributed by atoms with E-state index in [-0.39, 0.29) is 6.33 Å². The predicted octanol–water partition coefficient (Wildman–Crippen LogP) is 1.29. The Kier molecular flexibility index (Phi) is 1.98. The van der Waals surface area contributed by atoms with Crippen LogP contribution in [0.25, 0.3) is 0 Å². The van der Waals surface area contributed by atoms with Crippen LogP contribution in [0.4, 0.5) is 8.78 Å². The smallest absolute Gasteiger partial charge is 0.212 e. The number of hydrogen-bond donors (Lipinski definition) is 0. The van der Waals surface area contributed by atoms with Crippen molar-refractivity contribution in [1.29, 1.82) is 5.26 Å². The summed E-state index contributed by atoms with van der Waals surface area (Å²) < 4.78 is 21.6. The van der Waals surface area contributed by atoms with Crippen LogP contribution in [0.5, 0.6) is 0 Å². The molecular weight excluding hydrogens is 88.0 g/mol. The van der Waals surface area contributed by atoms with Gasteiger partial charge in [0.1, 0.15) is 12.4 Å². The van der Waals surface area contributed by atoms with Crippen LogP contribution >= 0.6 is 0 Å². The molecule has 0 amide bonds. The molecule has 0 aliphatic rings. The molecule has 0 saturated heterocycles. The topological polar surface area (TPSA) is 23.8 Å². The van der Waals surface area contributed by atoms with Crippen molar-refractivity contribution >= 4 is 0 Å². The summed E-state index contributed by atoms with van der Waals surface area (Å²) in [4.78, 5) is 0. The lowest BCUT2D eigenvalue weighted by Gasteiger charge is -1.62. The quantitative estimate of drug-likeness (QED) is 0.410. The zero-order valence-corrected chi connectivity index (χ0v) is 2.78. The molecule has 0 fully saturated rings. The Morgan fingerprint density at radius 3 is 2.33 bits per heavy atom. The Hall–Kier alpha value is -0.910. The molecule has 0 heterocycles. The largest absolute Gasteiger partial charge is 0.228 e. The van der Waals surface area contributed by atoms with Gasteiger partial charge in [-0.1, -0.05) is 0 Å². The highest BCUT2D eigenvalue weighted by Gasteiger charge is 1.81. The van der Waals surface area contributed by atoms with Crippen LogP contribution in [0, 0.1) is 11.3 Å². The van der Waals surface area contributed by atoms with Gasteiger partial charge in [-0.25, -0.2) is 4.39 Å². The molecule has 6 heavy (non-hydrogen) atoms. The molecule has 1 nitrogen and oxygen atoms in total. The third-order valence-electron chi connectivity index (χ3n) is 0.203. The molecule has 0 unspecified atom stereocenters. The Morgan fingerprint density at radius 1 is 1.83 bits per heavy atom. The van der Waals surface area contributed by atoms with Crippen molar-refractivity contribution in [3.63, 3.8) is 0 Å². The lowest BCUT2D eigenvalue weighted by atomic mass is 10.7. The average molecular weight is 89.0 g/mol. The second-order valence-electron chi connectivity index (χ2n) is 0.569. The van der Waals surface area contributed by atoms with Gasteiger partial charge >= 0.3 is 0 Å². The molecular formula is C3HF2N. The van der Waals surface area contributed by atoms with Gasteiger partial charge in [-0.05, 0) is 0 Å². The first-order valence-corrected chi connectivity index (χ1v) is 1.17. The highest BCUT2D eigenvalue weighted by atomic mass is 19.2.